The number of likely N-dealkylation sites (N-methyl/N-ethyl adjacent to an activating group) is 1. The monoisotopic (exact) mass is 307 g/mol. The summed E-state index contributed by atoms with van der Waals surface area (Å²) in [4.78, 5) is 27.8. The summed E-state index contributed by atoms with van der Waals surface area (Å²) in [6.07, 6.45) is 1.72. The lowest BCUT2D eigenvalue weighted by atomic mass is 10.0. The molecule has 120 valence electrons. The van der Waals surface area contributed by atoms with Crippen LogP contribution in [0.2, 0.25) is 0 Å². The van der Waals surface area contributed by atoms with Crippen molar-refractivity contribution in [1.29, 1.82) is 0 Å². The number of halogens is 1. The van der Waals surface area contributed by atoms with E-state index in [0.29, 0.717) is 5.56 Å². The van der Waals surface area contributed by atoms with Gasteiger partial charge in [-0.1, -0.05) is 18.2 Å². The van der Waals surface area contributed by atoms with Crippen LogP contribution in [0.1, 0.15) is 18.4 Å². The molecule has 1 N–H and O–H groups in total. The van der Waals surface area contributed by atoms with Gasteiger partial charge in [-0.25, -0.2) is 4.39 Å². The zero-order valence-electron chi connectivity index (χ0n) is 13.0. The Morgan fingerprint density at radius 2 is 1.95 bits per heavy atom. The molecule has 1 aliphatic heterocycles. The Bertz CT molecular complexity index is 542. The van der Waals surface area contributed by atoms with Crippen LogP contribution in [0.3, 0.4) is 0 Å². The summed E-state index contributed by atoms with van der Waals surface area (Å²) in [6.45, 7) is 1.84. The maximum absolute atomic E-state index is 13.5. The molecule has 0 unspecified atom stereocenters. The number of nitrogens with zero attached hydrogens (tertiary/aromatic N) is 2. The van der Waals surface area contributed by atoms with Crippen molar-refractivity contribution in [2.75, 3.05) is 27.2 Å². The van der Waals surface area contributed by atoms with E-state index in [1.165, 1.54) is 11.0 Å². The third kappa shape index (κ3) is 4.04. The fourth-order valence-corrected chi connectivity index (χ4v) is 2.60. The topological polar surface area (TPSA) is 52.7 Å². The number of rotatable bonds is 3. The summed E-state index contributed by atoms with van der Waals surface area (Å²) in [6, 6.07) is 6.27. The van der Waals surface area contributed by atoms with Gasteiger partial charge >= 0.3 is 11.8 Å². The predicted octanol–water partition coefficient (Wildman–Crippen LogP) is 0.995. The van der Waals surface area contributed by atoms with Crippen molar-refractivity contribution >= 4 is 11.8 Å². The molecule has 1 aromatic carbocycles. The second-order valence-corrected chi connectivity index (χ2v) is 5.72. The van der Waals surface area contributed by atoms with Crippen molar-refractivity contribution in [3.05, 3.63) is 35.6 Å². The summed E-state index contributed by atoms with van der Waals surface area (Å²) in [5.74, 6) is -1.64. The number of carbonyl (C=O) groups is 2. The first-order chi connectivity index (χ1) is 10.5. The van der Waals surface area contributed by atoms with E-state index in [1.54, 1.807) is 25.2 Å². The molecule has 1 aliphatic rings. The van der Waals surface area contributed by atoms with E-state index in [9.17, 15) is 14.0 Å². The number of amides is 2. The second kappa shape index (κ2) is 7.35. The molecule has 5 nitrogen and oxygen atoms in total. The van der Waals surface area contributed by atoms with Crippen molar-refractivity contribution < 1.29 is 14.0 Å². The van der Waals surface area contributed by atoms with Crippen LogP contribution in [0.25, 0.3) is 0 Å². The molecule has 6 heteroatoms. The molecule has 1 saturated heterocycles. The molecule has 1 heterocycles. The zero-order valence-corrected chi connectivity index (χ0v) is 13.0. The Labute approximate surface area is 130 Å². The van der Waals surface area contributed by atoms with E-state index in [0.717, 1.165) is 25.9 Å². The lowest BCUT2D eigenvalue weighted by Crippen LogP contribution is -2.49. The van der Waals surface area contributed by atoms with Gasteiger partial charge in [0.1, 0.15) is 5.82 Å². The number of likely N-dealkylation sites (tertiary alicyclic amines) is 1. The van der Waals surface area contributed by atoms with Gasteiger partial charge in [-0.15, -0.1) is 0 Å². The number of hydrogen-bond acceptors (Lipinski definition) is 3. The Morgan fingerprint density at radius 3 is 2.59 bits per heavy atom. The number of carbonyl (C=O) groups excluding carboxylic acids is 2. The first-order valence-electron chi connectivity index (χ1n) is 7.46. The number of benzene rings is 1. The minimum absolute atomic E-state index is 0.0124. The summed E-state index contributed by atoms with van der Waals surface area (Å²) in [5, 5.41) is 2.49. The average Bonchev–Trinajstić information content (AvgIpc) is 2.53. The molecular weight excluding hydrogens is 285 g/mol. The molecule has 2 amide bonds. The fraction of sp³-hybridized carbons (Fsp3) is 0.500. The summed E-state index contributed by atoms with van der Waals surface area (Å²) >= 11 is 0. The highest BCUT2D eigenvalue weighted by Gasteiger charge is 2.27. The summed E-state index contributed by atoms with van der Waals surface area (Å²) < 4.78 is 13.5. The lowest BCUT2D eigenvalue weighted by molar-refractivity contribution is -0.147. The van der Waals surface area contributed by atoms with Gasteiger partial charge in [0.05, 0.1) is 0 Å². The largest absolute Gasteiger partial charge is 0.344 e. The fourth-order valence-electron chi connectivity index (χ4n) is 2.60. The van der Waals surface area contributed by atoms with Crippen molar-refractivity contribution in [3.63, 3.8) is 0 Å². The highest BCUT2D eigenvalue weighted by molar-refractivity contribution is 6.34. The third-order valence-corrected chi connectivity index (χ3v) is 4.15. The van der Waals surface area contributed by atoms with E-state index >= 15 is 0 Å². The molecule has 0 spiro atoms. The van der Waals surface area contributed by atoms with Crippen LogP contribution in [0, 0.1) is 5.82 Å². The lowest BCUT2D eigenvalue weighted by Gasteiger charge is -2.34. The number of piperidine rings is 1. The van der Waals surface area contributed by atoms with E-state index in [1.807, 2.05) is 7.05 Å². The second-order valence-electron chi connectivity index (χ2n) is 5.72. The summed E-state index contributed by atoms with van der Waals surface area (Å²) in [7, 11) is 3.69. The number of nitrogens with one attached hydrogen (secondary N) is 1. The first-order valence-corrected chi connectivity index (χ1v) is 7.46. The number of hydrogen-bond donors (Lipinski definition) is 1. The summed E-state index contributed by atoms with van der Waals surface area (Å²) in [5.41, 5.74) is 0.366. The van der Waals surface area contributed by atoms with Gasteiger partial charge in [-0.2, -0.15) is 0 Å². The Hall–Kier alpha value is -1.95. The highest BCUT2D eigenvalue weighted by atomic mass is 19.1. The Morgan fingerprint density at radius 1 is 1.32 bits per heavy atom. The van der Waals surface area contributed by atoms with Gasteiger partial charge in [-0.3, -0.25) is 9.59 Å². The van der Waals surface area contributed by atoms with Gasteiger partial charge in [0.25, 0.3) is 0 Å². The van der Waals surface area contributed by atoms with Crippen molar-refractivity contribution in [1.82, 2.24) is 15.1 Å². The highest BCUT2D eigenvalue weighted by Crippen LogP contribution is 2.14. The van der Waals surface area contributed by atoms with Crippen molar-refractivity contribution in [2.24, 2.45) is 0 Å². The van der Waals surface area contributed by atoms with E-state index in [-0.39, 0.29) is 18.4 Å². The van der Waals surface area contributed by atoms with Gasteiger partial charge in [0, 0.05) is 25.2 Å². The van der Waals surface area contributed by atoms with Crippen LogP contribution in [0.15, 0.2) is 24.3 Å². The first kappa shape index (κ1) is 16.4. The molecule has 0 atom stereocenters. The smallest absolute Gasteiger partial charge is 0.311 e. The molecule has 0 radical (unpaired) electrons. The molecular formula is C16H22FN3O2. The molecule has 1 fully saturated rings. The van der Waals surface area contributed by atoms with Crippen molar-refractivity contribution in [2.45, 2.75) is 25.4 Å². The minimum atomic E-state index is -0.690. The van der Waals surface area contributed by atoms with Gasteiger partial charge in [0.2, 0.25) is 0 Å². The molecule has 0 aliphatic carbocycles. The standard InChI is InChI=1S/C16H22FN3O2/c1-19-9-7-13(8-10-19)20(2)16(22)15(21)18-11-12-5-3-4-6-14(12)17/h3-6,13H,7-11H2,1-2H3,(H,18,21). The SMILES string of the molecule is CN1CCC(N(C)C(=O)C(=O)NCc2ccccc2F)CC1. The van der Waals surface area contributed by atoms with Crippen LogP contribution >= 0.6 is 0 Å². The Balaban J connectivity index is 1.86. The maximum atomic E-state index is 13.5. The van der Waals surface area contributed by atoms with Crippen LogP contribution in [0.4, 0.5) is 4.39 Å². The normalized spacial score (nSPS) is 16.3. The van der Waals surface area contributed by atoms with Crippen LogP contribution in [-0.4, -0.2) is 54.8 Å². The zero-order chi connectivity index (χ0) is 16.1. The van der Waals surface area contributed by atoms with Gasteiger partial charge < -0.3 is 15.1 Å². The average molecular weight is 307 g/mol. The van der Waals surface area contributed by atoms with Crippen LogP contribution in [-0.2, 0) is 16.1 Å². The maximum Gasteiger partial charge on any atom is 0.311 e. The molecule has 0 saturated carbocycles. The Kier molecular flexibility index (Phi) is 5.49. The predicted molar refractivity (Wildman–Crippen MR) is 81.5 cm³/mol. The molecule has 22 heavy (non-hydrogen) atoms. The van der Waals surface area contributed by atoms with Gasteiger partial charge in [-0.05, 0) is 39.0 Å². The molecule has 0 bridgehead atoms. The third-order valence-electron chi connectivity index (χ3n) is 4.15. The molecule has 2 rings (SSSR count). The van der Waals surface area contributed by atoms with E-state index in [4.69, 9.17) is 0 Å². The molecule has 0 aromatic heterocycles. The van der Waals surface area contributed by atoms with E-state index in [2.05, 4.69) is 10.2 Å². The van der Waals surface area contributed by atoms with Gasteiger partial charge in [0.15, 0.2) is 0 Å². The molecule has 1 aromatic rings. The quantitative estimate of drug-likeness (QED) is 0.848. The van der Waals surface area contributed by atoms with E-state index < -0.39 is 11.8 Å². The van der Waals surface area contributed by atoms with Crippen LogP contribution < -0.4 is 5.32 Å². The minimum Gasteiger partial charge on any atom is -0.344 e. The van der Waals surface area contributed by atoms with Crippen LogP contribution in [0.5, 0.6) is 0 Å². The van der Waals surface area contributed by atoms with Crippen molar-refractivity contribution in [3.8, 4) is 0 Å².